The highest BCUT2D eigenvalue weighted by Gasteiger charge is 2.27. The summed E-state index contributed by atoms with van der Waals surface area (Å²) >= 11 is 0. The Morgan fingerprint density at radius 2 is 1.61 bits per heavy atom. The lowest BCUT2D eigenvalue weighted by atomic mass is 9.95. The van der Waals surface area contributed by atoms with Crippen molar-refractivity contribution in [1.29, 1.82) is 0 Å². The molecule has 2 aliphatic heterocycles. The van der Waals surface area contributed by atoms with Crippen LogP contribution in [0.2, 0.25) is 0 Å². The summed E-state index contributed by atoms with van der Waals surface area (Å²) in [5, 5.41) is 3.08. The molecule has 5 nitrogen and oxygen atoms in total. The fourth-order valence-corrected chi connectivity index (χ4v) is 4.14. The maximum absolute atomic E-state index is 13.0. The number of halogens is 1. The number of rotatable bonds is 6. The number of piperidine rings is 1. The highest BCUT2D eigenvalue weighted by atomic mass is 19.1. The van der Waals surface area contributed by atoms with E-state index in [2.05, 4.69) is 10.2 Å². The molecule has 1 aromatic rings. The lowest BCUT2D eigenvalue weighted by Crippen LogP contribution is -2.43. The van der Waals surface area contributed by atoms with Crippen molar-refractivity contribution in [1.82, 2.24) is 15.1 Å². The third-order valence-electron chi connectivity index (χ3n) is 5.89. The molecule has 0 radical (unpaired) electrons. The van der Waals surface area contributed by atoms with E-state index in [0.717, 1.165) is 19.5 Å². The van der Waals surface area contributed by atoms with Crippen molar-refractivity contribution in [3.63, 3.8) is 0 Å². The number of hydrogen-bond donors (Lipinski definition) is 1. The number of carbonyl (C=O) groups excluding carboxylic acids is 2. The molecule has 0 unspecified atom stereocenters. The van der Waals surface area contributed by atoms with Gasteiger partial charge in [0.05, 0.1) is 0 Å². The number of carbonyl (C=O) groups is 2. The maximum atomic E-state index is 13.0. The molecule has 2 amide bonds. The molecular weight excluding hydrogens is 357 g/mol. The van der Waals surface area contributed by atoms with Gasteiger partial charge in [-0.25, -0.2) is 4.39 Å². The Morgan fingerprint density at radius 1 is 0.964 bits per heavy atom. The topological polar surface area (TPSA) is 52.7 Å². The number of nitrogens with one attached hydrogen (secondary N) is 1. The van der Waals surface area contributed by atoms with Crippen molar-refractivity contribution in [2.24, 2.45) is 5.92 Å². The SMILES string of the molecule is O=C(NCCCN1CCCCCC1)C1CCN(C(=O)c2ccc(F)cc2)CC1. The maximum Gasteiger partial charge on any atom is 0.253 e. The third kappa shape index (κ3) is 6.03. The molecule has 2 heterocycles. The quantitative estimate of drug-likeness (QED) is 0.761. The monoisotopic (exact) mass is 389 g/mol. The van der Waals surface area contributed by atoms with Crippen LogP contribution >= 0.6 is 0 Å². The van der Waals surface area contributed by atoms with Gasteiger partial charge in [-0.15, -0.1) is 0 Å². The van der Waals surface area contributed by atoms with E-state index >= 15 is 0 Å². The summed E-state index contributed by atoms with van der Waals surface area (Å²) < 4.78 is 13.0. The molecule has 154 valence electrons. The number of likely N-dealkylation sites (tertiary alicyclic amines) is 2. The van der Waals surface area contributed by atoms with Gasteiger partial charge in [0.25, 0.3) is 5.91 Å². The van der Waals surface area contributed by atoms with Gasteiger partial charge in [-0.1, -0.05) is 12.8 Å². The molecule has 0 aliphatic carbocycles. The van der Waals surface area contributed by atoms with Crippen molar-refractivity contribution < 1.29 is 14.0 Å². The van der Waals surface area contributed by atoms with Crippen molar-refractivity contribution in [2.75, 3.05) is 39.3 Å². The molecule has 1 aromatic carbocycles. The van der Waals surface area contributed by atoms with Crippen LogP contribution in [0.4, 0.5) is 4.39 Å². The molecule has 1 N–H and O–H groups in total. The van der Waals surface area contributed by atoms with Gasteiger partial charge in [-0.2, -0.15) is 0 Å². The van der Waals surface area contributed by atoms with E-state index in [1.807, 2.05) is 0 Å². The summed E-state index contributed by atoms with van der Waals surface area (Å²) in [4.78, 5) is 29.2. The molecule has 0 aromatic heterocycles. The Hall–Kier alpha value is -1.95. The molecule has 0 saturated carbocycles. The number of nitrogens with zero attached hydrogens (tertiary/aromatic N) is 2. The predicted octanol–water partition coefficient (Wildman–Crippen LogP) is 3.06. The van der Waals surface area contributed by atoms with Gasteiger partial charge in [0.1, 0.15) is 5.82 Å². The molecule has 0 bridgehead atoms. The lowest BCUT2D eigenvalue weighted by molar-refractivity contribution is -0.126. The van der Waals surface area contributed by atoms with Crippen LogP contribution in [0.15, 0.2) is 24.3 Å². The Kier molecular flexibility index (Phi) is 7.83. The number of benzene rings is 1. The Balaban J connectivity index is 1.34. The van der Waals surface area contributed by atoms with Crippen molar-refractivity contribution in [3.8, 4) is 0 Å². The third-order valence-corrected chi connectivity index (χ3v) is 5.89. The molecule has 28 heavy (non-hydrogen) atoms. The zero-order valence-electron chi connectivity index (χ0n) is 16.7. The van der Waals surface area contributed by atoms with Crippen LogP contribution in [0.25, 0.3) is 0 Å². The first-order valence-corrected chi connectivity index (χ1v) is 10.7. The summed E-state index contributed by atoms with van der Waals surface area (Å²) in [6.45, 7) is 5.31. The van der Waals surface area contributed by atoms with E-state index in [4.69, 9.17) is 0 Å². The molecule has 6 heteroatoms. The van der Waals surface area contributed by atoms with Gasteiger partial charge in [-0.05, 0) is 76.0 Å². The zero-order valence-corrected chi connectivity index (χ0v) is 16.7. The second-order valence-electron chi connectivity index (χ2n) is 7.97. The van der Waals surface area contributed by atoms with Crippen LogP contribution in [-0.4, -0.2) is 60.9 Å². The van der Waals surface area contributed by atoms with Crippen molar-refractivity contribution >= 4 is 11.8 Å². The minimum absolute atomic E-state index is 0.0181. The zero-order chi connectivity index (χ0) is 19.8. The van der Waals surface area contributed by atoms with Crippen LogP contribution in [0.5, 0.6) is 0 Å². The van der Waals surface area contributed by atoms with Crippen LogP contribution in [-0.2, 0) is 4.79 Å². The summed E-state index contributed by atoms with van der Waals surface area (Å²) in [5.41, 5.74) is 0.498. The first kappa shape index (κ1) is 20.8. The minimum atomic E-state index is -0.345. The Bertz CT molecular complexity index is 634. The van der Waals surface area contributed by atoms with Gasteiger partial charge in [0.15, 0.2) is 0 Å². The molecule has 2 aliphatic rings. The summed E-state index contributed by atoms with van der Waals surface area (Å²) in [7, 11) is 0. The highest BCUT2D eigenvalue weighted by molar-refractivity contribution is 5.94. The van der Waals surface area contributed by atoms with E-state index in [1.165, 1.54) is 63.0 Å². The standard InChI is InChI=1S/C22H32FN3O2/c23-20-8-6-19(7-9-20)22(28)26-16-10-18(11-17-26)21(27)24-12-5-15-25-13-3-1-2-4-14-25/h6-9,18H,1-5,10-17H2,(H,24,27). The summed E-state index contributed by atoms with van der Waals surface area (Å²) in [5.74, 6) is -0.334. The van der Waals surface area contributed by atoms with Crippen LogP contribution in [0, 0.1) is 11.7 Å². The van der Waals surface area contributed by atoms with E-state index in [0.29, 0.717) is 31.5 Å². The predicted molar refractivity (Wildman–Crippen MR) is 108 cm³/mol. The fourth-order valence-electron chi connectivity index (χ4n) is 4.14. The minimum Gasteiger partial charge on any atom is -0.356 e. The van der Waals surface area contributed by atoms with Gasteiger partial charge in [0, 0.05) is 31.1 Å². The summed E-state index contributed by atoms with van der Waals surface area (Å²) in [6, 6.07) is 5.64. The molecule has 0 spiro atoms. The second-order valence-corrected chi connectivity index (χ2v) is 7.97. The highest BCUT2D eigenvalue weighted by Crippen LogP contribution is 2.19. The molecule has 2 fully saturated rings. The van der Waals surface area contributed by atoms with E-state index in [-0.39, 0.29) is 23.5 Å². The molecule has 0 atom stereocenters. The normalized spacial score (nSPS) is 19.2. The Labute approximate surface area is 167 Å². The first-order valence-electron chi connectivity index (χ1n) is 10.7. The van der Waals surface area contributed by atoms with Crippen LogP contribution in [0.1, 0.15) is 55.3 Å². The second kappa shape index (κ2) is 10.6. The van der Waals surface area contributed by atoms with E-state index in [1.54, 1.807) is 4.90 Å². The van der Waals surface area contributed by atoms with Gasteiger partial charge in [-0.3, -0.25) is 9.59 Å². The fraction of sp³-hybridized carbons (Fsp3) is 0.636. The first-order chi connectivity index (χ1) is 13.6. The molecule has 2 saturated heterocycles. The Morgan fingerprint density at radius 3 is 2.25 bits per heavy atom. The van der Waals surface area contributed by atoms with Gasteiger partial charge >= 0.3 is 0 Å². The van der Waals surface area contributed by atoms with Crippen LogP contribution in [0.3, 0.4) is 0 Å². The van der Waals surface area contributed by atoms with E-state index < -0.39 is 0 Å². The molecule has 3 rings (SSSR count). The smallest absolute Gasteiger partial charge is 0.253 e. The number of amides is 2. The van der Waals surface area contributed by atoms with E-state index in [9.17, 15) is 14.0 Å². The largest absolute Gasteiger partial charge is 0.356 e. The van der Waals surface area contributed by atoms with Gasteiger partial charge < -0.3 is 15.1 Å². The average molecular weight is 390 g/mol. The number of hydrogen-bond acceptors (Lipinski definition) is 3. The van der Waals surface area contributed by atoms with Gasteiger partial charge in [0.2, 0.25) is 5.91 Å². The molecular formula is C22H32FN3O2. The van der Waals surface area contributed by atoms with Crippen molar-refractivity contribution in [3.05, 3.63) is 35.6 Å². The van der Waals surface area contributed by atoms with Crippen molar-refractivity contribution in [2.45, 2.75) is 44.9 Å². The lowest BCUT2D eigenvalue weighted by Gasteiger charge is -2.31. The van der Waals surface area contributed by atoms with Crippen LogP contribution < -0.4 is 5.32 Å². The summed E-state index contributed by atoms with van der Waals surface area (Å²) in [6.07, 6.45) is 7.64. The average Bonchev–Trinajstić information content (AvgIpc) is 3.00.